The molecular weight excluding hydrogens is 405 g/mol. The highest BCUT2D eigenvalue weighted by Gasteiger charge is 2.22. The fourth-order valence-corrected chi connectivity index (χ4v) is 3.29. The van der Waals surface area contributed by atoms with Crippen LogP contribution in [0.25, 0.3) is 5.95 Å². The highest BCUT2D eigenvalue weighted by Crippen LogP contribution is 2.26. The number of nitrogens with one attached hydrogen (secondary N) is 2. The Bertz CT molecular complexity index is 1130. The van der Waals surface area contributed by atoms with Gasteiger partial charge in [0.15, 0.2) is 0 Å². The topological polar surface area (TPSA) is 92.7 Å². The number of nitrogens with zero attached hydrogens (tertiary/aromatic N) is 3. The predicted octanol–water partition coefficient (Wildman–Crippen LogP) is 3.74. The monoisotopic (exact) mass is 429 g/mol. The Labute approximate surface area is 178 Å². The summed E-state index contributed by atoms with van der Waals surface area (Å²) >= 11 is 1.30. The molecular formula is C21H24FN5O2S. The molecule has 2 aromatic heterocycles. The van der Waals surface area contributed by atoms with Gasteiger partial charge in [-0.25, -0.2) is 9.37 Å². The molecule has 0 aliphatic carbocycles. The van der Waals surface area contributed by atoms with Gasteiger partial charge in [-0.05, 0) is 38.1 Å². The van der Waals surface area contributed by atoms with Crippen LogP contribution >= 0.6 is 11.8 Å². The van der Waals surface area contributed by atoms with Crippen molar-refractivity contribution in [1.29, 1.82) is 0 Å². The molecule has 0 saturated carbocycles. The molecule has 1 aromatic carbocycles. The predicted molar refractivity (Wildman–Crippen MR) is 116 cm³/mol. The van der Waals surface area contributed by atoms with Gasteiger partial charge in [0, 0.05) is 27.6 Å². The van der Waals surface area contributed by atoms with Crippen molar-refractivity contribution in [3.8, 4) is 5.95 Å². The minimum atomic E-state index is -0.322. The average molecular weight is 430 g/mol. The molecule has 2 N–H and O–H groups in total. The quantitative estimate of drug-likeness (QED) is 0.603. The van der Waals surface area contributed by atoms with Crippen molar-refractivity contribution < 1.29 is 9.18 Å². The molecule has 0 fully saturated rings. The van der Waals surface area contributed by atoms with Gasteiger partial charge < -0.3 is 5.32 Å². The van der Waals surface area contributed by atoms with Crippen LogP contribution in [-0.2, 0) is 10.2 Å². The van der Waals surface area contributed by atoms with Crippen LogP contribution < -0.4 is 10.9 Å². The molecule has 158 valence electrons. The minimum absolute atomic E-state index is 0.137. The zero-order chi connectivity index (χ0) is 22.1. The van der Waals surface area contributed by atoms with E-state index in [0.717, 1.165) is 10.6 Å². The van der Waals surface area contributed by atoms with Crippen LogP contribution in [0.5, 0.6) is 0 Å². The average Bonchev–Trinajstić information content (AvgIpc) is 3.09. The van der Waals surface area contributed by atoms with Gasteiger partial charge >= 0.3 is 0 Å². The lowest BCUT2D eigenvalue weighted by atomic mass is 9.92. The number of thioether (sulfide) groups is 1. The second-order valence-corrected chi connectivity index (χ2v) is 9.02. The van der Waals surface area contributed by atoms with Gasteiger partial charge in [0.2, 0.25) is 11.9 Å². The summed E-state index contributed by atoms with van der Waals surface area (Å²) in [5.41, 5.74) is 1.33. The molecule has 0 radical (unpaired) electrons. The molecule has 1 amide bonds. The van der Waals surface area contributed by atoms with Crippen LogP contribution in [0.15, 0.2) is 40.0 Å². The van der Waals surface area contributed by atoms with E-state index < -0.39 is 0 Å². The normalized spacial score (nSPS) is 11.5. The summed E-state index contributed by atoms with van der Waals surface area (Å²) in [6.07, 6.45) is 0. The summed E-state index contributed by atoms with van der Waals surface area (Å²) < 4.78 is 14.5. The van der Waals surface area contributed by atoms with Gasteiger partial charge in [0.05, 0.1) is 11.4 Å². The number of aromatic amines is 1. The standard InChI is InChI=1S/C21H24FN5O2S/c1-12-13(2)23-20(25-19(12)29)27-17(10-16(26-27)21(3,4)5)24-18(28)11-30-15-8-6-14(22)7-9-15/h6-10H,11H2,1-5H3,(H,24,28)(H,23,25,29). The van der Waals surface area contributed by atoms with E-state index >= 15 is 0 Å². The molecule has 2 heterocycles. The van der Waals surface area contributed by atoms with E-state index in [1.165, 1.54) is 28.6 Å². The second kappa shape index (κ2) is 8.43. The van der Waals surface area contributed by atoms with Crippen LogP contribution in [0, 0.1) is 19.7 Å². The van der Waals surface area contributed by atoms with Crippen LogP contribution in [-0.4, -0.2) is 31.4 Å². The van der Waals surface area contributed by atoms with E-state index in [4.69, 9.17) is 0 Å². The summed E-state index contributed by atoms with van der Waals surface area (Å²) in [6, 6.07) is 7.73. The zero-order valence-electron chi connectivity index (χ0n) is 17.5. The number of halogens is 1. The first-order valence-electron chi connectivity index (χ1n) is 9.41. The van der Waals surface area contributed by atoms with Gasteiger partial charge in [0.1, 0.15) is 11.6 Å². The summed E-state index contributed by atoms with van der Waals surface area (Å²) in [7, 11) is 0. The molecule has 0 unspecified atom stereocenters. The fraction of sp³-hybridized carbons (Fsp3) is 0.333. The third-order valence-corrected chi connectivity index (χ3v) is 5.52. The lowest BCUT2D eigenvalue weighted by Gasteiger charge is -2.14. The molecule has 7 nitrogen and oxygen atoms in total. The van der Waals surface area contributed by atoms with Crippen molar-refractivity contribution in [1.82, 2.24) is 19.7 Å². The van der Waals surface area contributed by atoms with Gasteiger partial charge in [-0.1, -0.05) is 20.8 Å². The number of carbonyl (C=O) groups is 1. The molecule has 0 bridgehead atoms. The maximum Gasteiger partial charge on any atom is 0.255 e. The minimum Gasteiger partial charge on any atom is -0.310 e. The first-order valence-corrected chi connectivity index (χ1v) is 10.4. The van der Waals surface area contributed by atoms with Crippen molar-refractivity contribution in [3.63, 3.8) is 0 Å². The maximum atomic E-state index is 13.0. The zero-order valence-corrected chi connectivity index (χ0v) is 18.4. The van der Waals surface area contributed by atoms with E-state index in [1.807, 2.05) is 20.8 Å². The summed E-state index contributed by atoms with van der Waals surface area (Å²) in [4.78, 5) is 32.7. The number of rotatable bonds is 5. The molecule has 0 spiro atoms. The fourth-order valence-electron chi connectivity index (χ4n) is 2.59. The van der Waals surface area contributed by atoms with E-state index in [2.05, 4.69) is 20.4 Å². The van der Waals surface area contributed by atoms with Gasteiger partial charge in [0.25, 0.3) is 5.56 Å². The molecule has 0 aliphatic rings. The third-order valence-electron chi connectivity index (χ3n) is 4.51. The van der Waals surface area contributed by atoms with Crippen molar-refractivity contribution in [2.45, 2.75) is 44.9 Å². The Hall–Kier alpha value is -2.94. The Balaban J connectivity index is 1.87. The van der Waals surface area contributed by atoms with E-state index in [-0.39, 0.29) is 34.4 Å². The smallest absolute Gasteiger partial charge is 0.255 e. The van der Waals surface area contributed by atoms with Crippen molar-refractivity contribution in [2.75, 3.05) is 11.1 Å². The molecule has 30 heavy (non-hydrogen) atoms. The van der Waals surface area contributed by atoms with Gasteiger partial charge in [-0.3, -0.25) is 14.6 Å². The Morgan fingerprint density at radius 1 is 1.23 bits per heavy atom. The highest BCUT2D eigenvalue weighted by molar-refractivity contribution is 8.00. The number of anilines is 1. The number of hydrogen-bond donors (Lipinski definition) is 2. The number of aromatic nitrogens is 4. The number of carbonyl (C=O) groups excluding carboxylic acids is 1. The van der Waals surface area contributed by atoms with Crippen LogP contribution in [0.1, 0.15) is 37.7 Å². The number of amides is 1. The third kappa shape index (κ3) is 4.96. The molecule has 0 atom stereocenters. The molecule has 9 heteroatoms. The summed E-state index contributed by atoms with van der Waals surface area (Å²) in [6.45, 7) is 9.47. The first kappa shape index (κ1) is 21.8. The Kier molecular flexibility index (Phi) is 6.12. The Morgan fingerprint density at radius 3 is 2.50 bits per heavy atom. The maximum absolute atomic E-state index is 13.0. The molecule has 3 aromatic rings. The van der Waals surface area contributed by atoms with Crippen LogP contribution in [0.4, 0.5) is 10.2 Å². The van der Waals surface area contributed by atoms with Crippen molar-refractivity contribution >= 4 is 23.5 Å². The van der Waals surface area contributed by atoms with E-state index in [9.17, 15) is 14.0 Å². The summed E-state index contributed by atoms with van der Waals surface area (Å²) in [5.74, 6) is 0.212. The lowest BCUT2D eigenvalue weighted by Crippen LogP contribution is -2.21. The molecule has 0 aliphatic heterocycles. The number of hydrogen-bond acceptors (Lipinski definition) is 5. The van der Waals surface area contributed by atoms with Gasteiger partial charge in [-0.15, -0.1) is 11.8 Å². The van der Waals surface area contributed by atoms with Gasteiger partial charge in [-0.2, -0.15) is 9.78 Å². The lowest BCUT2D eigenvalue weighted by molar-refractivity contribution is -0.113. The first-order chi connectivity index (χ1) is 14.0. The van der Waals surface area contributed by atoms with E-state index in [0.29, 0.717) is 17.1 Å². The highest BCUT2D eigenvalue weighted by atomic mass is 32.2. The SMILES string of the molecule is Cc1nc(-n2nc(C(C)(C)C)cc2NC(=O)CSc2ccc(F)cc2)[nH]c(=O)c1C. The summed E-state index contributed by atoms with van der Waals surface area (Å²) in [5, 5.41) is 7.41. The second-order valence-electron chi connectivity index (χ2n) is 7.97. The number of aryl methyl sites for hydroxylation is 1. The van der Waals surface area contributed by atoms with E-state index in [1.54, 1.807) is 32.0 Å². The largest absolute Gasteiger partial charge is 0.310 e. The number of benzene rings is 1. The van der Waals surface area contributed by atoms with Crippen molar-refractivity contribution in [3.05, 3.63) is 63.5 Å². The molecule has 3 rings (SSSR count). The molecule has 0 saturated heterocycles. The van der Waals surface area contributed by atoms with Crippen molar-refractivity contribution in [2.24, 2.45) is 0 Å². The Morgan fingerprint density at radius 2 is 1.90 bits per heavy atom. The number of H-pyrrole nitrogens is 1. The van der Waals surface area contributed by atoms with Crippen LogP contribution in [0.3, 0.4) is 0 Å². The van der Waals surface area contributed by atoms with Crippen LogP contribution in [0.2, 0.25) is 0 Å².